The van der Waals surface area contributed by atoms with Crippen LogP contribution in [-0.4, -0.2) is 11.1 Å². The van der Waals surface area contributed by atoms with Gasteiger partial charge in [-0.2, -0.15) is 0 Å². The second kappa shape index (κ2) is 5.29. The van der Waals surface area contributed by atoms with Gasteiger partial charge in [-0.05, 0) is 36.4 Å². The van der Waals surface area contributed by atoms with Crippen LogP contribution in [0.3, 0.4) is 0 Å². The Morgan fingerprint density at radius 1 is 1.28 bits per heavy atom. The normalized spacial score (nSPS) is 11.6. The molecule has 1 aromatic carbocycles. The summed E-state index contributed by atoms with van der Waals surface area (Å²) in [4.78, 5) is 11.3. The molecule has 2 rings (SSSR count). The lowest BCUT2D eigenvalue weighted by atomic mass is 10.1. The molecule has 18 heavy (non-hydrogen) atoms. The Balaban J connectivity index is 2.55. The molecule has 1 aromatic heterocycles. The van der Waals surface area contributed by atoms with Crippen molar-refractivity contribution in [1.82, 2.24) is 0 Å². The van der Waals surface area contributed by atoms with E-state index in [9.17, 15) is 9.90 Å². The van der Waals surface area contributed by atoms with Gasteiger partial charge in [0.15, 0.2) is 0 Å². The van der Waals surface area contributed by atoms with Gasteiger partial charge in [-0.15, -0.1) is 0 Å². The molecule has 0 amide bonds. The zero-order valence-electron chi connectivity index (χ0n) is 9.06. The van der Waals surface area contributed by atoms with Crippen LogP contribution in [0.2, 0.25) is 10.0 Å². The van der Waals surface area contributed by atoms with Crippen molar-refractivity contribution in [2.75, 3.05) is 0 Å². The second-order valence-corrected chi connectivity index (χ2v) is 4.35. The number of furan rings is 1. The molecule has 0 aliphatic carbocycles. The van der Waals surface area contributed by atoms with E-state index in [4.69, 9.17) is 27.6 Å². The zero-order chi connectivity index (χ0) is 13.1. The number of carbonyl (C=O) groups is 1. The predicted octanol–water partition coefficient (Wildman–Crippen LogP) is 4.21. The highest BCUT2D eigenvalue weighted by atomic mass is 35.5. The minimum atomic E-state index is -1.10. The Morgan fingerprint density at radius 3 is 2.67 bits per heavy atom. The fourth-order valence-corrected chi connectivity index (χ4v) is 1.87. The maximum absolute atomic E-state index is 11.3. The van der Waals surface area contributed by atoms with Crippen molar-refractivity contribution in [2.45, 2.75) is 0 Å². The van der Waals surface area contributed by atoms with Crippen molar-refractivity contribution in [2.24, 2.45) is 0 Å². The summed E-state index contributed by atoms with van der Waals surface area (Å²) >= 11 is 11.8. The third-order valence-corrected chi connectivity index (χ3v) is 2.84. The lowest BCUT2D eigenvalue weighted by molar-refractivity contribution is -0.130. The molecule has 0 unspecified atom stereocenters. The number of carboxylic acid groups (broad SMARTS) is 1. The number of carboxylic acids is 1. The maximum atomic E-state index is 11.3. The molecular formula is C13H8Cl2O3. The summed E-state index contributed by atoms with van der Waals surface area (Å²) < 4.78 is 5.09. The van der Waals surface area contributed by atoms with E-state index in [0.717, 1.165) is 0 Å². The van der Waals surface area contributed by atoms with Gasteiger partial charge in [0.2, 0.25) is 0 Å². The van der Waals surface area contributed by atoms with Crippen molar-refractivity contribution < 1.29 is 14.3 Å². The summed E-state index contributed by atoms with van der Waals surface area (Å²) in [7, 11) is 0. The van der Waals surface area contributed by atoms with E-state index in [1.54, 1.807) is 24.3 Å². The van der Waals surface area contributed by atoms with Gasteiger partial charge in [0.05, 0.1) is 11.8 Å². The summed E-state index contributed by atoms with van der Waals surface area (Å²) in [6, 6.07) is 7.98. The van der Waals surface area contributed by atoms with Gasteiger partial charge in [0.1, 0.15) is 5.76 Å². The van der Waals surface area contributed by atoms with Crippen LogP contribution in [0.15, 0.2) is 41.0 Å². The van der Waals surface area contributed by atoms with Gasteiger partial charge in [0, 0.05) is 15.6 Å². The summed E-state index contributed by atoms with van der Waals surface area (Å²) in [6.45, 7) is 0. The van der Waals surface area contributed by atoms with Crippen molar-refractivity contribution in [3.8, 4) is 0 Å². The van der Waals surface area contributed by atoms with Crippen molar-refractivity contribution in [1.29, 1.82) is 0 Å². The van der Waals surface area contributed by atoms with E-state index in [0.29, 0.717) is 21.4 Å². The monoisotopic (exact) mass is 282 g/mol. The van der Waals surface area contributed by atoms with Crippen LogP contribution >= 0.6 is 23.2 Å². The first kappa shape index (κ1) is 12.7. The number of aliphatic carboxylic acids is 1. The van der Waals surface area contributed by atoms with Gasteiger partial charge >= 0.3 is 5.97 Å². The summed E-state index contributed by atoms with van der Waals surface area (Å²) in [5, 5.41) is 9.97. The van der Waals surface area contributed by atoms with Crippen LogP contribution in [0, 0.1) is 0 Å². The maximum Gasteiger partial charge on any atom is 0.336 e. The molecule has 0 saturated carbocycles. The standard InChI is InChI=1S/C13H8Cl2O3/c14-8-3-4-12(15)10(6-8)11(13(16)17)7-9-2-1-5-18-9/h1-7H,(H,16,17)/b11-7-. The largest absolute Gasteiger partial charge is 0.478 e. The molecule has 0 saturated heterocycles. The molecule has 0 aliphatic rings. The second-order valence-electron chi connectivity index (χ2n) is 3.50. The minimum absolute atomic E-state index is 0.0254. The highest BCUT2D eigenvalue weighted by Crippen LogP contribution is 2.28. The smallest absolute Gasteiger partial charge is 0.336 e. The SMILES string of the molecule is O=C(O)/C(=C\c1ccco1)c1cc(Cl)ccc1Cl. The number of hydrogen-bond donors (Lipinski definition) is 1. The molecule has 0 aliphatic heterocycles. The average molecular weight is 283 g/mol. The van der Waals surface area contributed by atoms with Crippen LogP contribution in [0.25, 0.3) is 11.6 Å². The molecule has 0 fully saturated rings. The van der Waals surface area contributed by atoms with Crippen molar-refractivity contribution >= 4 is 40.8 Å². The van der Waals surface area contributed by atoms with E-state index in [1.165, 1.54) is 18.4 Å². The van der Waals surface area contributed by atoms with Crippen molar-refractivity contribution in [3.63, 3.8) is 0 Å². The van der Waals surface area contributed by atoms with Gasteiger partial charge in [-0.25, -0.2) is 4.79 Å². The summed E-state index contributed by atoms with van der Waals surface area (Å²) in [6.07, 6.45) is 2.87. The Hall–Kier alpha value is -1.71. The van der Waals surface area contributed by atoms with Gasteiger partial charge in [0.25, 0.3) is 0 Å². The van der Waals surface area contributed by atoms with E-state index in [2.05, 4.69) is 0 Å². The first-order chi connectivity index (χ1) is 8.58. The quantitative estimate of drug-likeness (QED) is 0.858. The topological polar surface area (TPSA) is 50.4 Å². The van der Waals surface area contributed by atoms with E-state index in [1.807, 2.05) is 0 Å². The number of halogens is 2. The first-order valence-corrected chi connectivity index (χ1v) is 5.77. The Labute approximate surface area is 113 Å². The van der Waals surface area contributed by atoms with E-state index < -0.39 is 5.97 Å². The van der Waals surface area contributed by atoms with Crippen LogP contribution in [0.4, 0.5) is 0 Å². The van der Waals surface area contributed by atoms with E-state index >= 15 is 0 Å². The lowest BCUT2D eigenvalue weighted by Gasteiger charge is -2.05. The molecule has 92 valence electrons. The van der Waals surface area contributed by atoms with Gasteiger partial charge in [-0.3, -0.25) is 0 Å². The summed E-state index contributed by atoms with van der Waals surface area (Å²) in [5.74, 6) is -0.668. The Morgan fingerprint density at radius 2 is 2.06 bits per heavy atom. The van der Waals surface area contributed by atoms with E-state index in [-0.39, 0.29) is 5.57 Å². The molecule has 2 aromatic rings. The molecular weight excluding hydrogens is 275 g/mol. The molecule has 0 radical (unpaired) electrons. The molecule has 1 N–H and O–H groups in total. The highest BCUT2D eigenvalue weighted by Gasteiger charge is 2.15. The van der Waals surface area contributed by atoms with Gasteiger partial charge in [-0.1, -0.05) is 23.2 Å². The summed E-state index contributed by atoms with van der Waals surface area (Å²) in [5.41, 5.74) is 0.380. The third kappa shape index (κ3) is 2.75. The Kier molecular flexibility index (Phi) is 3.75. The van der Waals surface area contributed by atoms with Crippen LogP contribution in [0.1, 0.15) is 11.3 Å². The fourth-order valence-electron chi connectivity index (χ4n) is 1.47. The van der Waals surface area contributed by atoms with Crippen molar-refractivity contribution in [3.05, 3.63) is 58.0 Å². The number of rotatable bonds is 3. The first-order valence-electron chi connectivity index (χ1n) is 5.02. The predicted molar refractivity (Wildman–Crippen MR) is 70.7 cm³/mol. The van der Waals surface area contributed by atoms with Crippen LogP contribution in [0.5, 0.6) is 0 Å². The average Bonchev–Trinajstić information content (AvgIpc) is 2.82. The number of benzene rings is 1. The van der Waals surface area contributed by atoms with Crippen LogP contribution in [-0.2, 0) is 4.79 Å². The molecule has 0 bridgehead atoms. The highest BCUT2D eigenvalue weighted by molar-refractivity contribution is 6.37. The third-order valence-electron chi connectivity index (χ3n) is 2.28. The molecule has 0 spiro atoms. The van der Waals surface area contributed by atoms with Gasteiger partial charge < -0.3 is 9.52 Å². The molecule has 0 atom stereocenters. The minimum Gasteiger partial charge on any atom is -0.478 e. The lowest BCUT2D eigenvalue weighted by Crippen LogP contribution is -2.00. The Bertz CT molecular complexity index is 601. The van der Waals surface area contributed by atoms with Crippen LogP contribution < -0.4 is 0 Å². The zero-order valence-corrected chi connectivity index (χ0v) is 10.6. The molecule has 3 nitrogen and oxygen atoms in total. The molecule has 1 heterocycles. The fraction of sp³-hybridized carbons (Fsp3) is 0. The number of hydrogen-bond acceptors (Lipinski definition) is 2. The molecule has 5 heteroatoms.